The van der Waals surface area contributed by atoms with E-state index in [0.717, 1.165) is 25.7 Å². The number of hydrogen-bond donors (Lipinski definition) is 0. The standard InChI is InChI=1S/C30H50O4.C18H15O4P.C16H22O4/c1-3-5-7-9-11-13-15-17-21-25-33-29(31)27-23-19-20-24-28(27)30(32)34-26-22-18-16-14-12-10-8-6-4-2;19-23(20-16-10-4-1-5-11-16,21-17-12-6-2-7-13-17)22-18-14-8-3-9-15-18;1-11(2)9-19-15(17)13-7-5-6-8-14(13)16(18)20-10-12(3)4/h19-20,23-24H,3-18,21-22,25-26H2,1-2H3;1-15H;5-8,11-12H,9-10H2,1-4H3. The summed E-state index contributed by atoms with van der Waals surface area (Å²) >= 11 is 0. The van der Waals surface area contributed by atoms with E-state index >= 15 is 0 Å². The van der Waals surface area contributed by atoms with Gasteiger partial charge in [-0.2, -0.15) is 4.57 Å². The van der Waals surface area contributed by atoms with Crippen LogP contribution in [0.15, 0.2) is 140 Å². The second kappa shape index (κ2) is 39.9. The highest BCUT2D eigenvalue weighted by atomic mass is 31.2. The molecule has 0 spiro atoms. The third kappa shape index (κ3) is 29.1. The van der Waals surface area contributed by atoms with Gasteiger partial charge in [0.2, 0.25) is 0 Å². The van der Waals surface area contributed by atoms with Gasteiger partial charge in [0.05, 0.1) is 48.7 Å². The number of carbonyl (C=O) groups excluding carboxylic acids is 4. The predicted molar refractivity (Wildman–Crippen MR) is 307 cm³/mol. The summed E-state index contributed by atoms with van der Waals surface area (Å²) in [6, 6.07) is 39.7. The Morgan fingerprint density at radius 3 is 0.831 bits per heavy atom. The van der Waals surface area contributed by atoms with Crippen LogP contribution in [0.5, 0.6) is 17.2 Å². The van der Waals surface area contributed by atoms with Gasteiger partial charge in [0, 0.05) is 0 Å². The summed E-state index contributed by atoms with van der Waals surface area (Å²) in [5.74, 6) is -0.136. The maximum absolute atomic E-state index is 13.1. The minimum absolute atomic E-state index is 0.249. The van der Waals surface area contributed by atoms with Crippen LogP contribution in [0.1, 0.15) is 199 Å². The molecule has 0 bridgehead atoms. The largest absolute Gasteiger partial charge is 0.647 e. The monoisotopic (exact) mass is 1080 g/mol. The van der Waals surface area contributed by atoms with Crippen molar-refractivity contribution in [3.63, 3.8) is 0 Å². The average Bonchev–Trinajstić information content (AvgIpc) is 3.43. The molecular weight excluding hydrogens is 992 g/mol. The van der Waals surface area contributed by atoms with E-state index in [-0.39, 0.29) is 23.0 Å². The minimum Gasteiger partial charge on any atom is -0.462 e. The van der Waals surface area contributed by atoms with Gasteiger partial charge in [0.15, 0.2) is 0 Å². The van der Waals surface area contributed by atoms with Gasteiger partial charge in [0.25, 0.3) is 0 Å². The zero-order chi connectivity index (χ0) is 55.8. The van der Waals surface area contributed by atoms with Crippen LogP contribution in [0.25, 0.3) is 0 Å². The van der Waals surface area contributed by atoms with Gasteiger partial charge in [-0.05, 0) is 85.3 Å². The number of benzene rings is 5. The van der Waals surface area contributed by atoms with Crippen molar-refractivity contribution >= 4 is 31.7 Å². The molecule has 0 aliphatic heterocycles. The van der Waals surface area contributed by atoms with Crippen molar-refractivity contribution in [3.05, 3.63) is 162 Å². The molecule has 0 amide bonds. The van der Waals surface area contributed by atoms with Gasteiger partial charge in [-0.15, -0.1) is 0 Å². The lowest BCUT2D eigenvalue weighted by Crippen LogP contribution is -2.17. The highest BCUT2D eigenvalue weighted by molar-refractivity contribution is 7.49. The molecule has 0 fully saturated rings. The van der Waals surface area contributed by atoms with Crippen molar-refractivity contribution in [2.24, 2.45) is 11.8 Å². The van der Waals surface area contributed by atoms with Crippen LogP contribution in [-0.2, 0) is 23.5 Å². The molecule has 5 aromatic carbocycles. The molecule has 0 radical (unpaired) electrons. The summed E-state index contributed by atoms with van der Waals surface area (Å²) < 4.78 is 50.8. The Labute approximate surface area is 460 Å². The highest BCUT2D eigenvalue weighted by Crippen LogP contribution is 2.49. The molecule has 0 aromatic heterocycles. The van der Waals surface area contributed by atoms with Crippen molar-refractivity contribution in [2.75, 3.05) is 26.4 Å². The fraction of sp³-hybridized carbons (Fsp3) is 0.469. The fourth-order valence-corrected chi connectivity index (χ4v) is 8.77. The summed E-state index contributed by atoms with van der Waals surface area (Å²) in [7, 11) is -3.89. The second-order valence-electron chi connectivity index (χ2n) is 19.7. The Hall–Kier alpha value is -6.39. The van der Waals surface area contributed by atoms with E-state index in [4.69, 9.17) is 32.5 Å². The Balaban J connectivity index is 0.000000317. The van der Waals surface area contributed by atoms with E-state index in [0.29, 0.717) is 54.8 Å². The molecule has 0 aliphatic carbocycles. The molecule has 0 saturated heterocycles. The van der Waals surface area contributed by atoms with Crippen molar-refractivity contribution in [1.82, 2.24) is 0 Å². The molecular formula is C64H87O12P. The van der Waals surface area contributed by atoms with Gasteiger partial charge in [0.1, 0.15) is 17.2 Å². The van der Waals surface area contributed by atoms with Gasteiger partial charge < -0.3 is 32.5 Å². The zero-order valence-electron chi connectivity index (χ0n) is 46.8. The first-order chi connectivity index (χ1) is 37.4. The average molecular weight is 1080 g/mol. The molecule has 0 atom stereocenters. The van der Waals surface area contributed by atoms with Crippen LogP contribution in [0.2, 0.25) is 0 Å². The van der Waals surface area contributed by atoms with Crippen molar-refractivity contribution < 1.29 is 56.3 Å². The molecule has 13 heteroatoms. The van der Waals surface area contributed by atoms with Gasteiger partial charge in [-0.1, -0.05) is 223 Å². The molecule has 5 aromatic rings. The number of carbonyl (C=O) groups is 4. The topological polar surface area (TPSA) is 150 Å². The Morgan fingerprint density at radius 2 is 0.571 bits per heavy atom. The van der Waals surface area contributed by atoms with E-state index in [9.17, 15) is 23.7 Å². The summed E-state index contributed by atoms with van der Waals surface area (Å²) in [6.07, 6.45) is 21.9. The Bertz CT molecular complexity index is 2200. The minimum atomic E-state index is -3.89. The SMILES string of the molecule is CC(C)COC(=O)c1ccccc1C(=O)OCC(C)C.CCCCCCCCCCCOC(=O)c1ccccc1C(=O)OCCCCCCCCCCC.O=P(Oc1ccccc1)(Oc1ccccc1)Oc1ccccc1. The lowest BCUT2D eigenvalue weighted by Gasteiger charge is -2.19. The first-order valence-corrected chi connectivity index (χ1v) is 29.5. The molecule has 0 unspecified atom stereocenters. The number of unbranched alkanes of at least 4 members (excludes halogenated alkanes) is 16. The van der Waals surface area contributed by atoms with Gasteiger partial charge in [-0.25, -0.2) is 19.2 Å². The molecule has 12 nitrogen and oxygen atoms in total. The molecule has 0 saturated carbocycles. The third-order valence-corrected chi connectivity index (χ3v) is 13.0. The number of hydrogen-bond acceptors (Lipinski definition) is 12. The first kappa shape index (κ1) is 64.9. The van der Waals surface area contributed by atoms with E-state index in [1.54, 1.807) is 121 Å². The van der Waals surface area contributed by atoms with Crippen LogP contribution in [0.4, 0.5) is 0 Å². The smallest absolute Gasteiger partial charge is 0.462 e. The highest BCUT2D eigenvalue weighted by Gasteiger charge is 2.33. The quantitative estimate of drug-likeness (QED) is 0.0167. The second-order valence-corrected chi connectivity index (χ2v) is 21.1. The molecule has 0 N–H and O–H groups in total. The van der Waals surface area contributed by atoms with E-state index in [1.807, 2.05) is 45.9 Å². The summed E-state index contributed by atoms with van der Waals surface area (Å²) in [5.41, 5.74) is 1.11. The predicted octanol–water partition coefficient (Wildman–Crippen LogP) is 17.7. The first-order valence-electron chi connectivity index (χ1n) is 28.1. The van der Waals surface area contributed by atoms with Crippen molar-refractivity contribution in [1.29, 1.82) is 0 Å². The number of ether oxygens (including phenoxy) is 4. The summed E-state index contributed by atoms with van der Waals surface area (Å²) in [6.45, 7) is 13.7. The van der Waals surface area contributed by atoms with Crippen LogP contribution in [0, 0.1) is 11.8 Å². The van der Waals surface area contributed by atoms with Crippen molar-refractivity contribution in [2.45, 2.75) is 157 Å². The van der Waals surface area contributed by atoms with E-state index in [2.05, 4.69) is 13.8 Å². The molecule has 0 aliphatic rings. The molecule has 0 heterocycles. The van der Waals surface area contributed by atoms with Crippen LogP contribution >= 0.6 is 7.82 Å². The number of rotatable bonds is 34. The maximum atomic E-state index is 13.1. The normalized spacial score (nSPS) is 10.8. The summed E-state index contributed by atoms with van der Waals surface area (Å²) in [4.78, 5) is 49.0. The molecule has 5 rings (SSSR count). The zero-order valence-corrected chi connectivity index (χ0v) is 47.7. The molecule has 77 heavy (non-hydrogen) atoms. The fourth-order valence-electron chi connectivity index (χ4n) is 7.52. The number of para-hydroxylation sites is 3. The van der Waals surface area contributed by atoms with Crippen LogP contribution < -0.4 is 13.6 Å². The number of phosphoric ester groups is 1. The Kier molecular flexibility index (Phi) is 33.6. The third-order valence-electron chi connectivity index (χ3n) is 11.7. The van der Waals surface area contributed by atoms with Crippen LogP contribution in [0.3, 0.4) is 0 Å². The van der Waals surface area contributed by atoms with Gasteiger partial charge >= 0.3 is 31.7 Å². The lowest BCUT2D eigenvalue weighted by atomic mass is 10.1. The number of phosphoric acid groups is 1. The molecule has 420 valence electrons. The summed E-state index contributed by atoms with van der Waals surface area (Å²) in [5, 5.41) is 0. The van der Waals surface area contributed by atoms with Gasteiger partial charge in [-0.3, -0.25) is 0 Å². The van der Waals surface area contributed by atoms with E-state index in [1.165, 1.54) is 89.9 Å². The Morgan fingerprint density at radius 1 is 0.338 bits per heavy atom. The van der Waals surface area contributed by atoms with Crippen LogP contribution in [-0.4, -0.2) is 50.3 Å². The van der Waals surface area contributed by atoms with E-state index < -0.39 is 31.7 Å². The maximum Gasteiger partial charge on any atom is 0.647 e. The van der Waals surface area contributed by atoms with Crippen molar-refractivity contribution in [3.8, 4) is 17.2 Å². The number of esters is 4. The lowest BCUT2D eigenvalue weighted by molar-refractivity contribution is 0.0412.